The Bertz CT molecular complexity index is 139. The fraction of sp³-hybridized carbons (Fsp3) is 0.714. The number of hydrogen-bond donors (Lipinski definition) is 2. The number of hydrogen-bond acceptors (Lipinski definition) is 3. The molecule has 56 valence electrons. The second-order valence-electron chi connectivity index (χ2n) is 2.17. The first-order valence-electron chi connectivity index (χ1n) is 3.40. The molecule has 3 nitrogen and oxygen atoms in total. The van der Waals surface area contributed by atoms with Crippen molar-refractivity contribution in [2.75, 3.05) is 19.7 Å². The zero-order valence-electron chi connectivity index (χ0n) is 5.76. The lowest BCUT2D eigenvalue weighted by molar-refractivity contribution is 0.105. The van der Waals surface area contributed by atoms with Gasteiger partial charge in [-0.3, -0.25) is 0 Å². The summed E-state index contributed by atoms with van der Waals surface area (Å²) in [5.41, 5.74) is 0. The van der Waals surface area contributed by atoms with Gasteiger partial charge in [-0.1, -0.05) is 0 Å². The normalized spacial score (nSPS) is 26.2. The van der Waals surface area contributed by atoms with Crippen molar-refractivity contribution >= 4 is 0 Å². The summed E-state index contributed by atoms with van der Waals surface area (Å²) in [5, 5.41) is 11.4. The Hall–Kier alpha value is -0.720. The van der Waals surface area contributed by atoms with Gasteiger partial charge in [0.1, 0.15) is 12.2 Å². The quantitative estimate of drug-likeness (QED) is 0.455. The molecule has 2 N–H and O–H groups in total. The highest BCUT2D eigenvalue weighted by atomic mass is 16.5. The van der Waals surface area contributed by atoms with E-state index in [1.54, 1.807) is 0 Å². The predicted molar refractivity (Wildman–Crippen MR) is 36.9 cm³/mol. The van der Waals surface area contributed by atoms with E-state index >= 15 is 0 Å². The third kappa shape index (κ3) is 2.26. The summed E-state index contributed by atoms with van der Waals surface area (Å²) in [7, 11) is 0. The Labute approximate surface area is 60.4 Å². The van der Waals surface area contributed by atoms with E-state index in [9.17, 15) is 0 Å². The summed E-state index contributed by atoms with van der Waals surface area (Å²) < 4.78 is 5.25. The molecule has 1 saturated heterocycles. The van der Waals surface area contributed by atoms with E-state index < -0.39 is 0 Å². The molecular formula is C7H11NO2. The highest BCUT2D eigenvalue weighted by molar-refractivity contribution is 5.00. The Morgan fingerprint density at radius 2 is 2.50 bits per heavy atom. The highest BCUT2D eigenvalue weighted by Crippen LogP contribution is 1.94. The van der Waals surface area contributed by atoms with Crippen LogP contribution in [-0.4, -0.2) is 30.9 Å². The molecule has 0 aromatic heterocycles. The molecule has 1 aliphatic rings. The third-order valence-corrected chi connectivity index (χ3v) is 1.37. The van der Waals surface area contributed by atoms with E-state index in [0.29, 0.717) is 6.54 Å². The van der Waals surface area contributed by atoms with E-state index in [-0.39, 0.29) is 6.10 Å². The van der Waals surface area contributed by atoms with Gasteiger partial charge in [0.05, 0.1) is 0 Å². The monoisotopic (exact) mass is 141 g/mol. The molecule has 1 atom stereocenters. The molecule has 1 fully saturated rings. The summed E-state index contributed by atoms with van der Waals surface area (Å²) in [5.74, 6) is 2.55. The van der Waals surface area contributed by atoms with Crippen LogP contribution in [0.5, 0.6) is 0 Å². The Kier molecular flexibility index (Phi) is 3.07. The van der Waals surface area contributed by atoms with E-state index in [4.69, 9.17) is 9.84 Å². The van der Waals surface area contributed by atoms with Crippen molar-refractivity contribution < 1.29 is 9.84 Å². The van der Waals surface area contributed by atoms with Gasteiger partial charge < -0.3 is 15.2 Å². The summed E-state index contributed by atoms with van der Waals surface area (Å²) in [6, 6.07) is 0. The van der Waals surface area contributed by atoms with Crippen LogP contribution >= 0.6 is 0 Å². The molecule has 0 bridgehead atoms. The fourth-order valence-corrected chi connectivity index (χ4v) is 0.880. The Balaban J connectivity index is 2.33. The molecule has 0 unspecified atom stereocenters. The standard InChI is InChI=1S/C7H11NO2/c9-4-2-7-6-8-3-1-5-10-7/h7-9H,1,3,5-6H2/t7-/m1/s1. The second kappa shape index (κ2) is 4.15. The van der Waals surface area contributed by atoms with Gasteiger partial charge in [-0.25, -0.2) is 0 Å². The second-order valence-corrected chi connectivity index (χ2v) is 2.17. The molecule has 0 radical (unpaired) electrons. The molecule has 1 rings (SSSR count). The van der Waals surface area contributed by atoms with E-state index in [1.807, 2.05) is 6.11 Å². The minimum Gasteiger partial charge on any atom is -0.462 e. The van der Waals surface area contributed by atoms with Crippen LogP contribution in [-0.2, 0) is 4.74 Å². The minimum atomic E-state index is -0.132. The fourth-order valence-electron chi connectivity index (χ4n) is 0.880. The average Bonchev–Trinajstić information content (AvgIpc) is 2.17. The predicted octanol–water partition coefficient (Wildman–Crippen LogP) is -0.302. The molecule has 0 aliphatic carbocycles. The number of nitrogens with one attached hydrogen (secondary N) is 1. The maximum absolute atomic E-state index is 8.24. The van der Waals surface area contributed by atoms with Gasteiger partial charge >= 0.3 is 0 Å². The van der Waals surface area contributed by atoms with Crippen LogP contribution in [0.3, 0.4) is 0 Å². The van der Waals surface area contributed by atoms with Gasteiger partial charge in [-0.2, -0.15) is 0 Å². The van der Waals surface area contributed by atoms with Crippen LogP contribution in [0.4, 0.5) is 0 Å². The zero-order chi connectivity index (χ0) is 7.23. The molecule has 10 heavy (non-hydrogen) atoms. The van der Waals surface area contributed by atoms with Crippen molar-refractivity contribution in [2.24, 2.45) is 0 Å². The number of rotatable bonds is 0. The van der Waals surface area contributed by atoms with Crippen LogP contribution in [0.25, 0.3) is 0 Å². The lowest BCUT2D eigenvalue weighted by Gasteiger charge is -2.05. The lowest BCUT2D eigenvalue weighted by Crippen LogP contribution is -2.24. The Morgan fingerprint density at radius 1 is 1.60 bits per heavy atom. The van der Waals surface area contributed by atoms with Gasteiger partial charge in [0.25, 0.3) is 0 Å². The van der Waals surface area contributed by atoms with Gasteiger partial charge in [-0.05, 0) is 18.9 Å². The molecule has 0 saturated carbocycles. The zero-order valence-corrected chi connectivity index (χ0v) is 5.76. The van der Waals surface area contributed by atoms with Crippen molar-refractivity contribution in [2.45, 2.75) is 12.5 Å². The topological polar surface area (TPSA) is 41.5 Å². The van der Waals surface area contributed by atoms with Crippen molar-refractivity contribution in [1.29, 1.82) is 0 Å². The maximum Gasteiger partial charge on any atom is 0.133 e. The number of aliphatic hydroxyl groups is 1. The molecular weight excluding hydrogens is 130 g/mol. The molecule has 0 spiro atoms. The van der Waals surface area contributed by atoms with Gasteiger partial charge in [0.15, 0.2) is 0 Å². The lowest BCUT2D eigenvalue weighted by atomic mass is 10.4. The van der Waals surface area contributed by atoms with Crippen molar-refractivity contribution in [3.05, 3.63) is 0 Å². The SMILES string of the molecule is OC#C[C@@H]1CNCCCO1. The van der Waals surface area contributed by atoms with E-state index in [0.717, 1.165) is 19.6 Å². The van der Waals surface area contributed by atoms with Gasteiger partial charge in [0, 0.05) is 13.2 Å². The Morgan fingerprint density at radius 3 is 3.30 bits per heavy atom. The van der Waals surface area contributed by atoms with E-state index in [1.165, 1.54) is 0 Å². The number of aliphatic hydroxyl groups excluding tert-OH is 1. The molecule has 3 heteroatoms. The summed E-state index contributed by atoms with van der Waals surface area (Å²) in [4.78, 5) is 0. The molecule has 1 heterocycles. The highest BCUT2D eigenvalue weighted by Gasteiger charge is 2.07. The first-order chi connectivity index (χ1) is 4.93. The van der Waals surface area contributed by atoms with Crippen LogP contribution in [0, 0.1) is 12.0 Å². The molecule has 0 aromatic rings. The summed E-state index contributed by atoms with van der Waals surface area (Å²) >= 11 is 0. The number of ether oxygens (including phenoxy) is 1. The first kappa shape index (κ1) is 7.39. The maximum atomic E-state index is 8.24. The molecule has 1 aliphatic heterocycles. The smallest absolute Gasteiger partial charge is 0.133 e. The summed E-state index contributed by atoms with van der Waals surface area (Å²) in [6.45, 7) is 2.42. The average molecular weight is 141 g/mol. The van der Waals surface area contributed by atoms with Gasteiger partial charge in [-0.15, -0.1) is 0 Å². The van der Waals surface area contributed by atoms with Crippen LogP contribution in [0.1, 0.15) is 6.42 Å². The minimum absolute atomic E-state index is 0.132. The largest absolute Gasteiger partial charge is 0.462 e. The van der Waals surface area contributed by atoms with Crippen LogP contribution in [0.15, 0.2) is 0 Å². The van der Waals surface area contributed by atoms with Crippen molar-refractivity contribution in [1.82, 2.24) is 5.32 Å². The first-order valence-corrected chi connectivity index (χ1v) is 3.40. The molecule has 0 amide bonds. The third-order valence-electron chi connectivity index (χ3n) is 1.37. The van der Waals surface area contributed by atoms with Crippen LogP contribution < -0.4 is 5.32 Å². The van der Waals surface area contributed by atoms with E-state index in [2.05, 4.69) is 11.2 Å². The van der Waals surface area contributed by atoms with Crippen LogP contribution in [0.2, 0.25) is 0 Å². The van der Waals surface area contributed by atoms with Crippen molar-refractivity contribution in [3.8, 4) is 12.0 Å². The summed E-state index contributed by atoms with van der Waals surface area (Å²) in [6.07, 6.45) is 2.74. The van der Waals surface area contributed by atoms with Gasteiger partial charge in [0.2, 0.25) is 0 Å². The van der Waals surface area contributed by atoms with Crippen molar-refractivity contribution in [3.63, 3.8) is 0 Å². The molecule has 0 aromatic carbocycles.